The van der Waals surface area contributed by atoms with Crippen LogP contribution in [0.3, 0.4) is 0 Å². The van der Waals surface area contributed by atoms with Gasteiger partial charge >= 0.3 is 11.7 Å². The zero-order valence-electron chi connectivity index (χ0n) is 12.9. The molecular formula is C15H15N5O3. The van der Waals surface area contributed by atoms with Gasteiger partial charge in [-0.1, -0.05) is 35.5 Å². The zero-order chi connectivity index (χ0) is 16.6. The highest BCUT2D eigenvalue weighted by molar-refractivity contribution is 5.79. The predicted molar refractivity (Wildman–Crippen MR) is 85.9 cm³/mol. The Morgan fingerprint density at radius 2 is 1.74 bits per heavy atom. The van der Waals surface area contributed by atoms with Crippen molar-refractivity contribution in [2.45, 2.75) is 0 Å². The molecule has 2 heterocycles. The molecule has 0 amide bonds. The highest BCUT2D eigenvalue weighted by Crippen LogP contribution is 2.15. The van der Waals surface area contributed by atoms with Gasteiger partial charge in [0.2, 0.25) is 0 Å². The van der Waals surface area contributed by atoms with Crippen molar-refractivity contribution < 1.29 is 4.84 Å². The van der Waals surface area contributed by atoms with Gasteiger partial charge in [-0.3, -0.25) is 18.5 Å². The minimum Gasteiger partial charge on any atom is -0.317 e. The average Bonchev–Trinajstić information content (AvgIpc) is 2.89. The highest BCUT2D eigenvalue weighted by atomic mass is 16.6. The van der Waals surface area contributed by atoms with Gasteiger partial charge in [0.15, 0.2) is 11.2 Å². The Kier molecular flexibility index (Phi) is 3.57. The Labute approximate surface area is 130 Å². The molecule has 23 heavy (non-hydrogen) atoms. The minimum absolute atomic E-state index is 0.130. The van der Waals surface area contributed by atoms with Crippen LogP contribution in [0.5, 0.6) is 6.01 Å². The molecule has 0 atom stereocenters. The first-order valence-corrected chi connectivity index (χ1v) is 6.88. The fourth-order valence-corrected chi connectivity index (χ4v) is 2.25. The molecule has 3 rings (SSSR count). The predicted octanol–water partition coefficient (Wildman–Crippen LogP) is 0.384. The largest absolute Gasteiger partial charge is 0.332 e. The molecule has 0 bridgehead atoms. The lowest BCUT2D eigenvalue weighted by atomic mass is 10.2. The maximum atomic E-state index is 12.2. The molecular weight excluding hydrogens is 298 g/mol. The van der Waals surface area contributed by atoms with E-state index >= 15 is 0 Å². The van der Waals surface area contributed by atoms with Crippen LogP contribution in [0.2, 0.25) is 0 Å². The number of rotatable bonds is 3. The fraction of sp³-hybridized carbons (Fsp3) is 0.200. The first kappa shape index (κ1) is 14.8. The minimum atomic E-state index is -0.445. The summed E-state index contributed by atoms with van der Waals surface area (Å²) in [6.45, 7) is 0. The molecule has 0 saturated carbocycles. The van der Waals surface area contributed by atoms with Crippen LogP contribution in [-0.2, 0) is 21.1 Å². The molecule has 0 saturated heterocycles. The van der Waals surface area contributed by atoms with E-state index in [2.05, 4.69) is 10.1 Å². The molecule has 0 aliphatic carbocycles. The molecule has 0 N–H and O–H groups in total. The number of fused-ring (bicyclic) bond motifs is 1. The van der Waals surface area contributed by atoms with Crippen molar-refractivity contribution in [2.75, 3.05) is 0 Å². The lowest BCUT2D eigenvalue weighted by molar-refractivity contribution is 0.306. The van der Waals surface area contributed by atoms with Crippen molar-refractivity contribution in [3.8, 4) is 6.01 Å². The molecule has 0 radical (unpaired) electrons. The van der Waals surface area contributed by atoms with Crippen LogP contribution >= 0.6 is 0 Å². The summed E-state index contributed by atoms with van der Waals surface area (Å²) in [5.74, 6) is 0. The maximum absolute atomic E-state index is 12.2. The monoisotopic (exact) mass is 313 g/mol. The maximum Gasteiger partial charge on any atom is 0.332 e. The topological polar surface area (TPSA) is 83.4 Å². The van der Waals surface area contributed by atoms with E-state index in [4.69, 9.17) is 4.84 Å². The molecule has 0 aliphatic rings. The summed E-state index contributed by atoms with van der Waals surface area (Å²) in [5, 5.41) is 3.87. The molecule has 1 aromatic carbocycles. The van der Waals surface area contributed by atoms with Gasteiger partial charge in [-0.15, -0.1) is 0 Å². The van der Waals surface area contributed by atoms with E-state index in [1.165, 1.54) is 22.4 Å². The number of aromatic nitrogens is 4. The number of hydrogen-bond donors (Lipinski definition) is 0. The van der Waals surface area contributed by atoms with Crippen molar-refractivity contribution in [3.63, 3.8) is 0 Å². The summed E-state index contributed by atoms with van der Waals surface area (Å²) >= 11 is 0. The van der Waals surface area contributed by atoms with Crippen molar-refractivity contribution in [1.29, 1.82) is 0 Å². The smallest absolute Gasteiger partial charge is 0.317 e. The number of nitrogens with zero attached hydrogens (tertiary/aromatic N) is 5. The van der Waals surface area contributed by atoms with E-state index in [0.717, 1.165) is 10.1 Å². The molecule has 0 aliphatic heterocycles. The highest BCUT2D eigenvalue weighted by Gasteiger charge is 2.17. The standard InChI is InChI=1S/C15H15N5O3/c1-18-11-12(19(2)15(22)20(3)13(11)21)17-14(18)23-16-9-10-7-5-4-6-8-10/h4-9H,1-3H3/b16-9+. The molecule has 3 aromatic rings. The van der Waals surface area contributed by atoms with Gasteiger partial charge in [0.25, 0.3) is 5.56 Å². The molecule has 0 fully saturated rings. The number of hydrogen-bond acceptors (Lipinski definition) is 5. The SMILES string of the molecule is Cn1c(=O)c2c(nc(O/N=C/c3ccccc3)n2C)n(C)c1=O. The van der Waals surface area contributed by atoms with Crippen molar-refractivity contribution in [3.05, 3.63) is 56.7 Å². The second-order valence-corrected chi connectivity index (χ2v) is 5.07. The number of benzene rings is 1. The van der Waals surface area contributed by atoms with E-state index in [1.807, 2.05) is 30.3 Å². The average molecular weight is 313 g/mol. The Balaban J connectivity index is 2.03. The summed E-state index contributed by atoms with van der Waals surface area (Å²) < 4.78 is 3.80. The van der Waals surface area contributed by atoms with Gasteiger partial charge in [0, 0.05) is 21.1 Å². The van der Waals surface area contributed by atoms with Crippen molar-refractivity contribution in [1.82, 2.24) is 18.7 Å². The third kappa shape index (κ3) is 2.44. The number of imidazole rings is 1. The second-order valence-electron chi connectivity index (χ2n) is 5.07. The van der Waals surface area contributed by atoms with Crippen LogP contribution in [0, 0.1) is 0 Å². The first-order chi connectivity index (χ1) is 11.0. The van der Waals surface area contributed by atoms with Gasteiger partial charge in [0.1, 0.15) is 0 Å². The Morgan fingerprint density at radius 3 is 2.43 bits per heavy atom. The molecule has 118 valence electrons. The summed E-state index contributed by atoms with van der Waals surface area (Å²) in [6.07, 6.45) is 1.54. The summed E-state index contributed by atoms with van der Waals surface area (Å²) in [4.78, 5) is 33.6. The number of oxime groups is 1. The van der Waals surface area contributed by atoms with Gasteiger partial charge in [0.05, 0.1) is 6.21 Å². The Hall–Kier alpha value is -3.16. The second kappa shape index (κ2) is 5.56. The quantitative estimate of drug-likeness (QED) is 0.517. The van der Waals surface area contributed by atoms with E-state index < -0.39 is 11.2 Å². The summed E-state index contributed by atoms with van der Waals surface area (Å²) in [6, 6.07) is 9.55. The van der Waals surface area contributed by atoms with Gasteiger partial charge in [-0.25, -0.2) is 4.79 Å². The molecule has 8 heteroatoms. The normalized spacial score (nSPS) is 11.4. The fourth-order valence-electron chi connectivity index (χ4n) is 2.25. The van der Waals surface area contributed by atoms with Crippen LogP contribution in [0.15, 0.2) is 45.1 Å². The molecule has 0 unspecified atom stereocenters. The van der Waals surface area contributed by atoms with Crippen LogP contribution in [0.1, 0.15) is 5.56 Å². The molecule has 0 spiro atoms. The van der Waals surface area contributed by atoms with E-state index in [-0.39, 0.29) is 17.2 Å². The van der Waals surface area contributed by atoms with Crippen LogP contribution in [0.25, 0.3) is 11.2 Å². The molecule has 8 nitrogen and oxygen atoms in total. The summed E-state index contributed by atoms with van der Waals surface area (Å²) in [5.41, 5.74) is 0.527. The Bertz CT molecular complexity index is 1010. The van der Waals surface area contributed by atoms with Crippen LogP contribution < -0.4 is 16.1 Å². The van der Waals surface area contributed by atoms with Crippen LogP contribution in [-0.4, -0.2) is 24.9 Å². The van der Waals surface area contributed by atoms with Crippen molar-refractivity contribution in [2.24, 2.45) is 26.3 Å². The van der Waals surface area contributed by atoms with Crippen LogP contribution in [0.4, 0.5) is 0 Å². The van der Waals surface area contributed by atoms with Gasteiger partial charge in [-0.05, 0) is 5.56 Å². The summed E-state index contributed by atoms with van der Waals surface area (Å²) in [7, 11) is 4.61. The Morgan fingerprint density at radius 1 is 1.04 bits per heavy atom. The lowest BCUT2D eigenvalue weighted by Gasteiger charge is -2.02. The lowest BCUT2D eigenvalue weighted by Crippen LogP contribution is -2.37. The van der Waals surface area contributed by atoms with E-state index in [9.17, 15) is 9.59 Å². The van der Waals surface area contributed by atoms with Crippen molar-refractivity contribution >= 4 is 17.4 Å². The number of aryl methyl sites for hydroxylation is 2. The van der Waals surface area contributed by atoms with Gasteiger partial charge in [-0.2, -0.15) is 4.98 Å². The van der Waals surface area contributed by atoms with Gasteiger partial charge < -0.3 is 4.84 Å². The van der Waals surface area contributed by atoms with E-state index in [1.54, 1.807) is 14.1 Å². The zero-order valence-corrected chi connectivity index (χ0v) is 12.9. The first-order valence-electron chi connectivity index (χ1n) is 6.88. The van der Waals surface area contributed by atoms with E-state index in [0.29, 0.717) is 0 Å². The third-order valence-corrected chi connectivity index (χ3v) is 3.57. The molecule has 2 aromatic heterocycles. The third-order valence-electron chi connectivity index (χ3n) is 3.57.